The van der Waals surface area contributed by atoms with E-state index in [1.807, 2.05) is 0 Å². The van der Waals surface area contributed by atoms with Gasteiger partial charge in [0.15, 0.2) is 6.29 Å². The van der Waals surface area contributed by atoms with Crippen molar-refractivity contribution in [2.24, 2.45) is 0 Å². The first-order valence-electron chi connectivity index (χ1n) is 24.6. The zero-order chi connectivity index (χ0) is 44.2. The maximum atomic E-state index is 11.9. The third kappa shape index (κ3) is 48.4. The average molecular weight is 897 g/mol. The van der Waals surface area contributed by atoms with Crippen LogP contribution in [0, 0.1) is 0 Å². The van der Waals surface area contributed by atoms with Crippen LogP contribution < -0.4 is 0 Å². The monoisotopic (exact) mass is 897 g/mol. The molecule has 0 spiro atoms. The minimum Gasteiger partial charge on any atom is -0.463 e. The van der Waals surface area contributed by atoms with E-state index in [4.69, 9.17) is 66.3 Å². The normalized spacial score (nSPS) is 14.2. The van der Waals surface area contributed by atoms with Crippen LogP contribution in [-0.2, 0) is 71.1 Å². The molecule has 1 fully saturated rings. The molecular formula is C47H92O15. The lowest BCUT2D eigenvalue weighted by molar-refractivity contribution is -0.169. The molecule has 0 amide bonds. The Bertz CT molecular complexity index is 852. The van der Waals surface area contributed by atoms with E-state index >= 15 is 0 Å². The summed E-state index contributed by atoms with van der Waals surface area (Å²) in [7, 11) is 0. The quantitative estimate of drug-likeness (QED) is 0.0438. The molecule has 0 aromatic carbocycles. The van der Waals surface area contributed by atoms with Crippen molar-refractivity contribution in [1.82, 2.24) is 0 Å². The molecule has 1 rings (SSSR count). The first kappa shape index (κ1) is 59.0. The fourth-order valence-corrected chi connectivity index (χ4v) is 6.31. The van der Waals surface area contributed by atoms with Crippen LogP contribution in [0.1, 0.15) is 129 Å². The van der Waals surface area contributed by atoms with Gasteiger partial charge in [0.1, 0.15) is 6.61 Å². The first-order valence-corrected chi connectivity index (χ1v) is 24.6. The molecule has 0 bridgehead atoms. The molecule has 0 N–H and O–H groups in total. The smallest absolute Gasteiger partial charge is 0.305 e. The lowest BCUT2D eigenvalue weighted by atomic mass is 10.0. The van der Waals surface area contributed by atoms with Crippen molar-refractivity contribution in [3.8, 4) is 0 Å². The van der Waals surface area contributed by atoms with Crippen LogP contribution in [-0.4, -0.2) is 177 Å². The fraction of sp³-hybridized carbons (Fsp3) is 0.979. The molecular weight excluding hydrogens is 805 g/mol. The lowest BCUT2D eigenvalue weighted by Gasteiger charge is -2.22. The molecule has 0 radical (unpaired) electrons. The van der Waals surface area contributed by atoms with Gasteiger partial charge in [0.2, 0.25) is 0 Å². The van der Waals surface area contributed by atoms with Crippen LogP contribution in [0.5, 0.6) is 0 Å². The number of carbonyl (C=O) groups is 1. The largest absolute Gasteiger partial charge is 0.463 e. The minimum absolute atomic E-state index is 0.0698. The Kier molecular flexibility index (Phi) is 50.0. The maximum absolute atomic E-state index is 11.9. The molecule has 0 saturated carbocycles. The van der Waals surface area contributed by atoms with Crippen molar-refractivity contribution >= 4 is 5.97 Å². The van der Waals surface area contributed by atoms with Crippen molar-refractivity contribution in [2.45, 2.75) is 135 Å². The van der Waals surface area contributed by atoms with Gasteiger partial charge in [-0.15, -0.1) is 0 Å². The zero-order valence-corrected chi connectivity index (χ0v) is 39.3. The standard InChI is InChI=1S/C47H92O15/c1-2-3-4-5-6-7-8-9-10-11-12-13-14-15-16-19-46(48)60-44-42-58-40-38-56-36-34-54-32-30-52-28-26-50-24-22-49-23-25-51-27-29-53-31-33-55-35-37-57-39-41-59-43-45-62-47-20-17-18-21-61-47/h47H,2-45H2,1H3. The topological polar surface area (TPSA) is 146 Å². The third-order valence-electron chi connectivity index (χ3n) is 9.86. The van der Waals surface area contributed by atoms with Gasteiger partial charge in [-0.05, 0) is 25.7 Å². The Morgan fingerprint density at radius 1 is 0.371 bits per heavy atom. The molecule has 370 valence electrons. The van der Waals surface area contributed by atoms with Gasteiger partial charge in [0, 0.05) is 13.0 Å². The lowest BCUT2D eigenvalue weighted by Crippen LogP contribution is -2.24. The van der Waals surface area contributed by atoms with Gasteiger partial charge in [-0.3, -0.25) is 4.79 Å². The SMILES string of the molecule is CCCCCCCCCCCCCCCCCC(=O)OCCOCCOCCOCCOCCOCCOCCOCCOCCOCCOCCOCCOC1CCCCO1. The molecule has 1 aliphatic rings. The number of ether oxygens (including phenoxy) is 14. The highest BCUT2D eigenvalue weighted by Crippen LogP contribution is 2.15. The minimum atomic E-state index is -0.131. The third-order valence-corrected chi connectivity index (χ3v) is 9.86. The highest BCUT2D eigenvalue weighted by molar-refractivity contribution is 5.69. The highest BCUT2D eigenvalue weighted by atomic mass is 16.7. The average Bonchev–Trinajstić information content (AvgIpc) is 3.29. The van der Waals surface area contributed by atoms with Crippen LogP contribution in [0.15, 0.2) is 0 Å². The van der Waals surface area contributed by atoms with Crippen molar-refractivity contribution in [2.75, 3.05) is 165 Å². The summed E-state index contributed by atoms with van der Waals surface area (Å²) in [5.41, 5.74) is 0. The molecule has 0 aromatic heterocycles. The summed E-state index contributed by atoms with van der Waals surface area (Å²) in [5, 5.41) is 0. The molecule has 1 heterocycles. The van der Waals surface area contributed by atoms with E-state index in [1.165, 1.54) is 83.5 Å². The molecule has 1 unspecified atom stereocenters. The van der Waals surface area contributed by atoms with Crippen molar-refractivity contribution in [3.05, 3.63) is 0 Å². The zero-order valence-electron chi connectivity index (χ0n) is 39.3. The second-order valence-corrected chi connectivity index (χ2v) is 15.3. The maximum Gasteiger partial charge on any atom is 0.305 e. The summed E-state index contributed by atoms with van der Waals surface area (Å²) in [6, 6.07) is 0. The van der Waals surface area contributed by atoms with E-state index in [2.05, 4.69) is 6.92 Å². The fourth-order valence-electron chi connectivity index (χ4n) is 6.31. The van der Waals surface area contributed by atoms with Gasteiger partial charge < -0.3 is 66.3 Å². The highest BCUT2D eigenvalue weighted by Gasteiger charge is 2.13. The Balaban J connectivity index is 1.61. The summed E-state index contributed by atoms with van der Waals surface area (Å²) >= 11 is 0. The van der Waals surface area contributed by atoms with Crippen LogP contribution >= 0.6 is 0 Å². The second-order valence-electron chi connectivity index (χ2n) is 15.3. The van der Waals surface area contributed by atoms with Crippen LogP contribution in [0.25, 0.3) is 0 Å². The number of rotatable bonds is 53. The number of hydrogen-bond acceptors (Lipinski definition) is 15. The van der Waals surface area contributed by atoms with Gasteiger partial charge in [0.25, 0.3) is 0 Å². The van der Waals surface area contributed by atoms with Crippen molar-refractivity contribution in [3.63, 3.8) is 0 Å². The summed E-state index contributed by atoms with van der Waals surface area (Å²) in [5.74, 6) is -0.131. The van der Waals surface area contributed by atoms with Gasteiger partial charge in [-0.1, -0.05) is 96.8 Å². The summed E-state index contributed by atoms with van der Waals surface area (Å²) < 4.78 is 77.0. The summed E-state index contributed by atoms with van der Waals surface area (Å²) in [6.45, 7) is 14.8. The van der Waals surface area contributed by atoms with Crippen LogP contribution in [0.4, 0.5) is 0 Å². The van der Waals surface area contributed by atoms with E-state index in [0.29, 0.717) is 158 Å². The molecule has 15 heteroatoms. The molecule has 1 atom stereocenters. The van der Waals surface area contributed by atoms with Gasteiger partial charge in [-0.2, -0.15) is 0 Å². The van der Waals surface area contributed by atoms with Crippen molar-refractivity contribution in [1.29, 1.82) is 0 Å². The Morgan fingerprint density at radius 3 is 0.968 bits per heavy atom. The van der Waals surface area contributed by atoms with E-state index in [9.17, 15) is 4.79 Å². The van der Waals surface area contributed by atoms with Crippen molar-refractivity contribution < 1.29 is 71.1 Å². The molecule has 0 aromatic rings. The number of carbonyl (C=O) groups excluding carboxylic acids is 1. The molecule has 1 saturated heterocycles. The molecule has 62 heavy (non-hydrogen) atoms. The Morgan fingerprint density at radius 2 is 0.661 bits per heavy atom. The molecule has 15 nitrogen and oxygen atoms in total. The molecule has 1 aliphatic heterocycles. The second kappa shape index (κ2) is 52.6. The number of unbranched alkanes of at least 4 members (excludes halogenated alkanes) is 14. The van der Waals surface area contributed by atoms with E-state index in [1.54, 1.807) is 0 Å². The van der Waals surface area contributed by atoms with Gasteiger partial charge in [-0.25, -0.2) is 0 Å². The number of hydrogen-bond donors (Lipinski definition) is 0. The van der Waals surface area contributed by atoms with Gasteiger partial charge in [0.05, 0.1) is 152 Å². The predicted molar refractivity (Wildman–Crippen MR) is 239 cm³/mol. The first-order chi connectivity index (χ1) is 30.8. The van der Waals surface area contributed by atoms with E-state index in [-0.39, 0.29) is 18.9 Å². The van der Waals surface area contributed by atoms with E-state index in [0.717, 1.165) is 38.7 Å². The van der Waals surface area contributed by atoms with Crippen LogP contribution in [0.2, 0.25) is 0 Å². The predicted octanol–water partition coefficient (Wildman–Crippen LogP) is 7.52. The Hall–Kier alpha value is -1.05. The molecule has 0 aliphatic carbocycles. The number of esters is 1. The van der Waals surface area contributed by atoms with Crippen LogP contribution in [0.3, 0.4) is 0 Å². The Labute approximate surface area is 376 Å². The summed E-state index contributed by atoms with van der Waals surface area (Å²) in [4.78, 5) is 11.9. The van der Waals surface area contributed by atoms with Gasteiger partial charge >= 0.3 is 5.97 Å². The van der Waals surface area contributed by atoms with E-state index < -0.39 is 0 Å². The summed E-state index contributed by atoms with van der Waals surface area (Å²) in [6.07, 6.45) is 23.4.